The quantitative estimate of drug-likeness (QED) is 0.467. The zero-order chi connectivity index (χ0) is 9.61. The van der Waals surface area contributed by atoms with Crippen LogP contribution >= 0.6 is 34.8 Å². The maximum Gasteiger partial charge on any atom is 0.301 e. The maximum atomic E-state index is 9.97. The van der Waals surface area contributed by atoms with E-state index in [9.17, 15) is 4.21 Å². The normalized spacial score (nSPS) is 14.7. The van der Waals surface area contributed by atoms with Crippen LogP contribution in [-0.2, 0) is 15.5 Å². The van der Waals surface area contributed by atoms with Gasteiger partial charge in [0.25, 0.3) is 0 Å². The van der Waals surface area contributed by atoms with Gasteiger partial charge in [-0.1, -0.05) is 34.8 Å². The first-order valence-corrected chi connectivity index (χ1v) is 5.39. The summed E-state index contributed by atoms with van der Waals surface area (Å²) in [4.78, 5) is 0. The first kappa shape index (κ1) is 12.9. The smallest absolute Gasteiger partial charge is 0.284 e. The summed E-state index contributed by atoms with van der Waals surface area (Å²) in [6, 6.07) is 0. The van der Waals surface area contributed by atoms with Gasteiger partial charge in [0.2, 0.25) is 0 Å². The topological polar surface area (TPSA) is 46.5 Å². The van der Waals surface area contributed by atoms with Crippen molar-refractivity contribution in [3.8, 4) is 0 Å². The molecule has 1 atom stereocenters. The van der Waals surface area contributed by atoms with Crippen LogP contribution in [0.5, 0.6) is 0 Å². The standard InChI is InChI=1S/C5H9Cl3O3S/c6-5(7,8)3-1-2-4-11-12(9)10/h1-4H2,(H,9,10). The van der Waals surface area contributed by atoms with Crippen LogP contribution < -0.4 is 0 Å². The molecule has 7 heteroatoms. The summed E-state index contributed by atoms with van der Waals surface area (Å²) in [6.45, 7) is 0.198. The Morgan fingerprint density at radius 3 is 2.33 bits per heavy atom. The van der Waals surface area contributed by atoms with Gasteiger partial charge < -0.3 is 0 Å². The van der Waals surface area contributed by atoms with Gasteiger partial charge in [-0.15, -0.1) is 0 Å². The Balaban J connectivity index is 3.17. The summed E-state index contributed by atoms with van der Waals surface area (Å²) < 4.78 is 21.3. The van der Waals surface area contributed by atoms with Crippen LogP contribution in [0.25, 0.3) is 0 Å². The third-order valence-electron chi connectivity index (χ3n) is 1.04. The third kappa shape index (κ3) is 10.9. The van der Waals surface area contributed by atoms with Gasteiger partial charge in [-0.05, 0) is 19.3 Å². The largest absolute Gasteiger partial charge is 0.301 e. The molecule has 0 aromatic carbocycles. The molecule has 3 nitrogen and oxygen atoms in total. The van der Waals surface area contributed by atoms with Gasteiger partial charge >= 0.3 is 11.4 Å². The summed E-state index contributed by atoms with van der Waals surface area (Å²) in [7, 11) is 0. The molecule has 0 saturated carbocycles. The molecule has 0 radical (unpaired) electrons. The Bertz CT molecular complexity index is 147. The van der Waals surface area contributed by atoms with Gasteiger partial charge in [-0.25, -0.2) is 0 Å². The number of hydrogen-bond acceptors (Lipinski definition) is 2. The lowest BCUT2D eigenvalue weighted by atomic mass is 10.3. The molecule has 0 aliphatic carbocycles. The molecule has 0 rings (SSSR count). The predicted octanol–water partition coefficient (Wildman–Crippen LogP) is 2.68. The second-order valence-electron chi connectivity index (χ2n) is 2.11. The minimum absolute atomic E-state index is 0.198. The van der Waals surface area contributed by atoms with Crippen LogP contribution in [0.3, 0.4) is 0 Å². The van der Waals surface area contributed by atoms with E-state index in [1.165, 1.54) is 0 Å². The number of rotatable bonds is 5. The van der Waals surface area contributed by atoms with E-state index < -0.39 is 15.2 Å². The van der Waals surface area contributed by atoms with Gasteiger partial charge in [0, 0.05) is 0 Å². The van der Waals surface area contributed by atoms with E-state index in [1.54, 1.807) is 0 Å². The minimum atomic E-state index is -2.19. The van der Waals surface area contributed by atoms with E-state index >= 15 is 0 Å². The lowest BCUT2D eigenvalue weighted by Crippen LogP contribution is -2.03. The highest BCUT2D eigenvalue weighted by Gasteiger charge is 2.18. The van der Waals surface area contributed by atoms with Gasteiger partial charge in [-0.2, -0.15) is 4.21 Å². The fourth-order valence-corrected chi connectivity index (χ4v) is 1.22. The van der Waals surface area contributed by atoms with Gasteiger partial charge in [0.15, 0.2) is 3.79 Å². The SMILES string of the molecule is O=S(O)OCCCCC(Cl)(Cl)Cl. The molecule has 0 aliphatic heterocycles. The second kappa shape index (κ2) is 6.40. The average Bonchev–Trinajstić information content (AvgIpc) is 1.83. The van der Waals surface area contributed by atoms with Gasteiger partial charge in [-0.3, -0.25) is 8.74 Å². The fraction of sp³-hybridized carbons (Fsp3) is 1.00. The van der Waals surface area contributed by atoms with Crippen molar-refractivity contribution >= 4 is 46.2 Å². The second-order valence-corrected chi connectivity index (χ2v) is 5.30. The summed E-state index contributed by atoms with van der Waals surface area (Å²) in [5.41, 5.74) is 0. The molecule has 0 aromatic heterocycles. The molecule has 0 saturated heterocycles. The van der Waals surface area contributed by atoms with Crippen LogP contribution in [0.2, 0.25) is 0 Å². The van der Waals surface area contributed by atoms with Crippen molar-refractivity contribution in [2.24, 2.45) is 0 Å². The van der Waals surface area contributed by atoms with Gasteiger partial charge in [0.05, 0.1) is 6.61 Å². The van der Waals surface area contributed by atoms with Crippen molar-refractivity contribution < 1.29 is 12.9 Å². The van der Waals surface area contributed by atoms with E-state index in [1.807, 2.05) is 0 Å². The molecule has 1 unspecified atom stereocenters. The number of unbranched alkanes of at least 4 members (excludes halogenated alkanes) is 1. The first-order chi connectivity index (χ1) is 5.42. The molecule has 0 spiro atoms. The Labute approximate surface area is 88.8 Å². The summed E-state index contributed by atoms with van der Waals surface area (Å²) in [5, 5.41) is 0. The van der Waals surface area contributed by atoms with Crippen LogP contribution in [0, 0.1) is 0 Å². The molecule has 0 bridgehead atoms. The Morgan fingerprint density at radius 1 is 1.33 bits per heavy atom. The maximum absolute atomic E-state index is 9.97. The van der Waals surface area contributed by atoms with E-state index in [2.05, 4.69) is 4.18 Å². The van der Waals surface area contributed by atoms with E-state index in [4.69, 9.17) is 39.4 Å². The lowest BCUT2D eigenvalue weighted by molar-refractivity contribution is 0.297. The molecule has 0 heterocycles. The van der Waals surface area contributed by atoms with E-state index in [-0.39, 0.29) is 6.61 Å². The monoisotopic (exact) mass is 254 g/mol. The number of halogens is 3. The summed E-state index contributed by atoms with van der Waals surface area (Å²) in [5.74, 6) is 0. The van der Waals surface area contributed by atoms with Crippen LogP contribution in [0.4, 0.5) is 0 Å². The third-order valence-corrected chi connectivity index (χ3v) is 1.97. The van der Waals surface area contributed by atoms with Gasteiger partial charge in [0.1, 0.15) is 0 Å². The minimum Gasteiger partial charge on any atom is -0.284 e. The predicted molar refractivity (Wildman–Crippen MR) is 50.9 cm³/mol. The highest BCUT2D eigenvalue weighted by Crippen LogP contribution is 2.31. The first-order valence-electron chi connectivity index (χ1n) is 3.23. The summed E-state index contributed by atoms with van der Waals surface area (Å²) in [6.07, 6.45) is 1.66. The number of hydrogen-bond donors (Lipinski definition) is 1. The molecule has 0 aliphatic rings. The zero-order valence-electron chi connectivity index (χ0n) is 6.13. The summed E-state index contributed by atoms with van der Waals surface area (Å²) >= 11 is 14.2. The highest BCUT2D eigenvalue weighted by molar-refractivity contribution is 7.74. The van der Waals surface area contributed by atoms with E-state index in [0.717, 1.165) is 0 Å². The molecule has 1 N–H and O–H groups in total. The van der Waals surface area contributed by atoms with Crippen LogP contribution in [-0.4, -0.2) is 19.2 Å². The molecule has 12 heavy (non-hydrogen) atoms. The molecule has 0 aromatic rings. The molecular formula is C5H9Cl3O3S. The molecular weight excluding hydrogens is 246 g/mol. The molecule has 74 valence electrons. The lowest BCUT2D eigenvalue weighted by Gasteiger charge is -2.08. The van der Waals surface area contributed by atoms with Crippen molar-refractivity contribution in [1.82, 2.24) is 0 Å². The van der Waals surface area contributed by atoms with E-state index in [0.29, 0.717) is 19.3 Å². The Kier molecular flexibility index (Phi) is 6.90. The zero-order valence-corrected chi connectivity index (χ0v) is 9.22. The van der Waals surface area contributed by atoms with Crippen molar-refractivity contribution in [3.05, 3.63) is 0 Å². The van der Waals surface area contributed by atoms with Crippen molar-refractivity contribution in [2.75, 3.05) is 6.61 Å². The molecule has 0 fully saturated rings. The van der Waals surface area contributed by atoms with Crippen molar-refractivity contribution in [3.63, 3.8) is 0 Å². The van der Waals surface area contributed by atoms with Crippen LogP contribution in [0.1, 0.15) is 19.3 Å². The Hall–Kier alpha value is 0.940. The Morgan fingerprint density at radius 2 is 1.92 bits per heavy atom. The average molecular weight is 256 g/mol. The fourth-order valence-electron chi connectivity index (χ4n) is 0.558. The van der Waals surface area contributed by atoms with Crippen molar-refractivity contribution in [1.29, 1.82) is 0 Å². The highest BCUT2D eigenvalue weighted by atomic mass is 35.6. The van der Waals surface area contributed by atoms with Crippen molar-refractivity contribution in [2.45, 2.75) is 23.1 Å². The molecule has 0 amide bonds. The number of alkyl halides is 3. The van der Waals surface area contributed by atoms with Crippen LogP contribution in [0.15, 0.2) is 0 Å².